The zero-order valence-electron chi connectivity index (χ0n) is 12.1. The Morgan fingerprint density at radius 1 is 0.957 bits per heavy atom. The molecule has 2 saturated heterocycles. The molecule has 0 aromatic carbocycles. The molecule has 0 aromatic rings. The molecular weight excluding hydrogens is 320 g/mol. The molecule has 2 aliphatic heterocycles. The molecule has 0 aromatic heterocycles. The summed E-state index contributed by atoms with van der Waals surface area (Å²) in [6.45, 7) is -2.83. The molecule has 2 fully saturated rings. The maximum Gasteiger partial charge on any atom is 0.221 e. The van der Waals surface area contributed by atoms with Crippen LogP contribution in [0.25, 0.3) is 0 Å². The maximum absolute atomic E-state index is 9.94. The van der Waals surface area contributed by atoms with Crippen molar-refractivity contribution in [3.05, 3.63) is 0 Å². The van der Waals surface area contributed by atoms with Crippen molar-refractivity contribution in [2.24, 2.45) is 0 Å². The van der Waals surface area contributed by atoms with Crippen LogP contribution in [0.1, 0.15) is 0 Å². The zero-order chi connectivity index (χ0) is 17.4. The highest BCUT2D eigenvalue weighted by Crippen LogP contribution is 2.32. The summed E-state index contributed by atoms with van der Waals surface area (Å²) in [5, 5.41) is 76.6. The van der Waals surface area contributed by atoms with E-state index in [0.29, 0.717) is 0 Å². The van der Waals surface area contributed by atoms with Crippen molar-refractivity contribution in [3.8, 4) is 0 Å². The minimum Gasteiger partial charge on any atom is -0.391 e. The number of hydrogen-bond acceptors (Lipinski definition) is 11. The van der Waals surface area contributed by atoms with E-state index >= 15 is 0 Å². The molecule has 0 saturated carbocycles. The standard InChI is InChI=1S/C12H22O11/c13-3-11(20)9(18)8(17)6(23-11)2-22-12(4-14)10(19)7(16)5(15)1-21-12/h5-10,13-20H,1-4H2/t5-,6-,7-,8-,9+,10+,11?,12+/m1/s1. The van der Waals surface area contributed by atoms with Crippen LogP contribution in [0.3, 0.4) is 0 Å². The lowest BCUT2D eigenvalue weighted by molar-refractivity contribution is -0.356. The molecule has 1 unspecified atom stereocenters. The Bertz CT molecular complexity index is 408. The normalized spacial score (nSPS) is 51.1. The third-order valence-electron chi connectivity index (χ3n) is 4.13. The summed E-state index contributed by atoms with van der Waals surface area (Å²) in [4.78, 5) is 0. The Labute approximate surface area is 130 Å². The Balaban J connectivity index is 2.04. The van der Waals surface area contributed by atoms with Crippen LogP contribution >= 0.6 is 0 Å². The highest BCUT2D eigenvalue weighted by atomic mass is 16.7. The third-order valence-corrected chi connectivity index (χ3v) is 4.13. The van der Waals surface area contributed by atoms with Gasteiger partial charge in [-0.15, -0.1) is 0 Å². The van der Waals surface area contributed by atoms with Gasteiger partial charge in [0.1, 0.15) is 43.2 Å². The van der Waals surface area contributed by atoms with Gasteiger partial charge in [0.15, 0.2) is 0 Å². The molecule has 0 spiro atoms. The Morgan fingerprint density at radius 2 is 1.61 bits per heavy atom. The van der Waals surface area contributed by atoms with Crippen molar-refractivity contribution in [3.63, 3.8) is 0 Å². The Hall–Kier alpha value is -0.440. The van der Waals surface area contributed by atoms with Crippen LogP contribution < -0.4 is 0 Å². The van der Waals surface area contributed by atoms with Crippen LogP contribution in [-0.2, 0) is 14.2 Å². The van der Waals surface area contributed by atoms with Gasteiger partial charge in [-0.2, -0.15) is 0 Å². The lowest BCUT2D eigenvalue weighted by Crippen LogP contribution is -2.64. The predicted octanol–water partition coefficient (Wildman–Crippen LogP) is -5.39. The van der Waals surface area contributed by atoms with Gasteiger partial charge in [-0.3, -0.25) is 0 Å². The van der Waals surface area contributed by atoms with Crippen molar-refractivity contribution in [2.75, 3.05) is 26.4 Å². The van der Waals surface area contributed by atoms with E-state index in [1.165, 1.54) is 0 Å². The molecule has 8 N–H and O–H groups in total. The quantitative estimate of drug-likeness (QED) is 0.238. The lowest BCUT2D eigenvalue weighted by Gasteiger charge is -2.44. The molecule has 136 valence electrons. The first-order valence-electron chi connectivity index (χ1n) is 7.01. The van der Waals surface area contributed by atoms with E-state index < -0.39 is 74.6 Å². The van der Waals surface area contributed by atoms with Gasteiger partial charge in [0.2, 0.25) is 11.6 Å². The summed E-state index contributed by atoms with van der Waals surface area (Å²) in [5.74, 6) is -4.45. The fraction of sp³-hybridized carbons (Fsp3) is 1.00. The van der Waals surface area contributed by atoms with Crippen LogP contribution in [-0.4, -0.2) is 115 Å². The number of ether oxygens (including phenoxy) is 3. The van der Waals surface area contributed by atoms with Crippen LogP contribution in [0.5, 0.6) is 0 Å². The van der Waals surface area contributed by atoms with Gasteiger partial charge < -0.3 is 55.1 Å². The van der Waals surface area contributed by atoms with Crippen molar-refractivity contribution in [1.82, 2.24) is 0 Å². The Kier molecular flexibility index (Phi) is 5.60. The zero-order valence-corrected chi connectivity index (χ0v) is 12.1. The van der Waals surface area contributed by atoms with Crippen LogP contribution in [0, 0.1) is 0 Å². The van der Waals surface area contributed by atoms with E-state index in [2.05, 4.69) is 0 Å². The van der Waals surface area contributed by atoms with Crippen molar-refractivity contribution in [2.45, 2.75) is 48.2 Å². The molecule has 11 nitrogen and oxygen atoms in total. The first kappa shape index (κ1) is 18.9. The fourth-order valence-corrected chi connectivity index (χ4v) is 2.55. The van der Waals surface area contributed by atoms with Gasteiger partial charge in [0.05, 0.1) is 19.8 Å². The van der Waals surface area contributed by atoms with Crippen LogP contribution in [0.15, 0.2) is 0 Å². The molecule has 2 aliphatic rings. The smallest absolute Gasteiger partial charge is 0.221 e. The average molecular weight is 342 g/mol. The first-order chi connectivity index (χ1) is 10.7. The topological polar surface area (TPSA) is 190 Å². The van der Waals surface area contributed by atoms with E-state index in [4.69, 9.17) is 19.3 Å². The number of aliphatic hydroxyl groups is 8. The molecule has 2 rings (SSSR count). The summed E-state index contributed by atoms with van der Waals surface area (Å²) >= 11 is 0. The highest BCUT2D eigenvalue weighted by molar-refractivity contribution is 4.97. The van der Waals surface area contributed by atoms with Crippen LogP contribution in [0.4, 0.5) is 0 Å². The lowest BCUT2D eigenvalue weighted by atomic mass is 9.97. The monoisotopic (exact) mass is 342 g/mol. The molecule has 23 heavy (non-hydrogen) atoms. The van der Waals surface area contributed by atoms with E-state index in [1.54, 1.807) is 0 Å². The first-order valence-corrected chi connectivity index (χ1v) is 7.01. The molecule has 0 bridgehead atoms. The summed E-state index contributed by atoms with van der Waals surface area (Å²) in [6.07, 6.45) is -9.51. The molecule has 0 aliphatic carbocycles. The highest BCUT2D eigenvalue weighted by Gasteiger charge is 2.55. The number of aliphatic hydroxyl groups excluding tert-OH is 7. The molecule has 0 amide bonds. The second-order valence-corrected chi connectivity index (χ2v) is 5.69. The van der Waals surface area contributed by atoms with Gasteiger partial charge in [0, 0.05) is 0 Å². The van der Waals surface area contributed by atoms with Gasteiger partial charge >= 0.3 is 0 Å². The fourth-order valence-electron chi connectivity index (χ4n) is 2.55. The third kappa shape index (κ3) is 3.23. The van der Waals surface area contributed by atoms with Gasteiger partial charge in [-0.25, -0.2) is 0 Å². The molecular formula is C12H22O11. The summed E-state index contributed by atoms with van der Waals surface area (Å²) < 4.78 is 15.2. The van der Waals surface area contributed by atoms with Crippen molar-refractivity contribution < 1.29 is 55.1 Å². The Morgan fingerprint density at radius 3 is 2.13 bits per heavy atom. The number of rotatable bonds is 5. The van der Waals surface area contributed by atoms with E-state index in [-0.39, 0.29) is 0 Å². The largest absolute Gasteiger partial charge is 0.391 e. The van der Waals surface area contributed by atoms with E-state index in [0.717, 1.165) is 0 Å². The second-order valence-electron chi connectivity index (χ2n) is 5.69. The van der Waals surface area contributed by atoms with Gasteiger partial charge in [0.25, 0.3) is 0 Å². The second kappa shape index (κ2) is 6.82. The summed E-state index contributed by atoms with van der Waals surface area (Å²) in [7, 11) is 0. The van der Waals surface area contributed by atoms with Gasteiger partial charge in [-0.05, 0) is 0 Å². The molecule has 2 heterocycles. The number of hydrogen-bond donors (Lipinski definition) is 8. The predicted molar refractivity (Wildman–Crippen MR) is 68.7 cm³/mol. The van der Waals surface area contributed by atoms with Crippen LogP contribution in [0.2, 0.25) is 0 Å². The van der Waals surface area contributed by atoms with E-state index in [9.17, 15) is 35.7 Å². The summed E-state index contributed by atoms with van der Waals surface area (Å²) in [6, 6.07) is 0. The van der Waals surface area contributed by atoms with Crippen molar-refractivity contribution in [1.29, 1.82) is 0 Å². The average Bonchev–Trinajstić information content (AvgIpc) is 2.77. The molecule has 11 heteroatoms. The maximum atomic E-state index is 9.94. The molecule has 8 atom stereocenters. The molecule has 0 radical (unpaired) electrons. The minimum absolute atomic E-state index is 0.421. The van der Waals surface area contributed by atoms with Gasteiger partial charge in [-0.1, -0.05) is 0 Å². The van der Waals surface area contributed by atoms with Crippen molar-refractivity contribution >= 4 is 0 Å². The SMILES string of the molecule is OCC1(O)O[C@H](CO[C@]2(CO)OC[C@@H](O)[C@@H](O)[C@@H]2O)[C@@H](O)[C@@H]1O. The van der Waals surface area contributed by atoms with E-state index in [1.807, 2.05) is 0 Å². The minimum atomic E-state index is -2.37. The summed E-state index contributed by atoms with van der Waals surface area (Å²) in [5.41, 5.74) is 0.